The number of aliphatic hydroxyl groups is 2. The molecule has 2 aromatic rings. The number of rotatable bonds is 9. The lowest BCUT2D eigenvalue weighted by Gasteiger charge is -2.08. The Bertz CT molecular complexity index is 844. The Kier molecular flexibility index (Phi) is 6.87. The van der Waals surface area contributed by atoms with Gasteiger partial charge in [0.1, 0.15) is 0 Å². The maximum atomic E-state index is 12.0. The molecule has 0 saturated heterocycles. The van der Waals surface area contributed by atoms with E-state index in [2.05, 4.69) is 9.44 Å². The van der Waals surface area contributed by atoms with E-state index in [4.69, 9.17) is 10.2 Å². The lowest BCUT2D eigenvalue weighted by atomic mass is 10.1. The molecule has 0 heterocycles. The van der Waals surface area contributed by atoms with Crippen LogP contribution in [0.5, 0.6) is 0 Å². The van der Waals surface area contributed by atoms with Gasteiger partial charge in [0.2, 0.25) is 20.0 Å². The van der Waals surface area contributed by atoms with Gasteiger partial charge in [-0.3, -0.25) is 0 Å². The lowest BCUT2D eigenvalue weighted by molar-refractivity contribution is 0.300. The van der Waals surface area contributed by atoms with Crippen LogP contribution in [-0.4, -0.2) is 53.4 Å². The molecule has 0 fully saturated rings. The van der Waals surface area contributed by atoms with Crippen LogP contribution in [0.3, 0.4) is 0 Å². The van der Waals surface area contributed by atoms with Gasteiger partial charge in [0.25, 0.3) is 0 Å². The Hall–Kier alpha value is -1.82. The number of hydrogen-bond donors (Lipinski definition) is 4. The van der Waals surface area contributed by atoms with Crippen molar-refractivity contribution in [3.05, 3.63) is 48.5 Å². The highest BCUT2D eigenvalue weighted by Crippen LogP contribution is 2.23. The largest absolute Gasteiger partial charge is 0.395 e. The van der Waals surface area contributed by atoms with E-state index in [-0.39, 0.29) is 36.1 Å². The second-order valence-corrected chi connectivity index (χ2v) is 8.83. The Morgan fingerprint density at radius 2 is 0.923 bits per heavy atom. The summed E-state index contributed by atoms with van der Waals surface area (Å²) in [6.07, 6.45) is 0. The topological polar surface area (TPSA) is 133 Å². The third kappa shape index (κ3) is 5.10. The summed E-state index contributed by atoms with van der Waals surface area (Å²) in [5.74, 6) is 0. The van der Waals surface area contributed by atoms with Crippen molar-refractivity contribution in [2.24, 2.45) is 0 Å². The first-order valence-electron chi connectivity index (χ1n) is 7.72. The molecule has 0 radical (unpaired) electrons. The molecule has 10 heteroatoms. The second-order valence-electron chi connectivity index (χ2n) is 5.29. The first-order valence-corrected chi connectivity index (χ1v) is 10.7. The fraction of sp³-hybridized carbons (Fsp3) is 0.250. The summed E-state index contributed by atoms with van der Waals surface area (Å²) >= 11 is 0. The predicted octanol–water partition coefficient (Wildman–Crippen LogP) is -0.105. The summed E-state index contributed by atoms with van der Waals surface area (Å²) in [7, 11) is -7.35. The number of aliphatic hydroxyl groups excluding tert-OH is 2. The van der Waals surface area contributed by atoms with Gasteiger partial charge in [-0.15, -0.1) is 0 Å². The molecule has 4 N–H and O–H groups in total. The summed E-state index contributed by atoms with van der Waals surface area (Å²) in [6.45, 7) is -0.714. The van der Waals surface area contributed by atoms with E-state index in [9.17, 15) is 16.8 Å². The van der Waals surface area contributed by atoms with Gasteiger partial charge in [-0.05, 0) is 35.4 Å². The van der Waals surface area contributed by atoms with Crippen molar-refractivity contribution in [1.82, 2.24) is 9.44 Å². The van der Waals surface area contributed by atoms with Gasteiger partial charge in [0.15, 0.2) is 0 Å². The molecular formula is C16H20N2O6S2. The Morgan fingerprint density at radius 1 is 0.615 bits per heavy atom. The molecule has 0 aliphatic rings. The zero-order valence-electron chi connectivity index (χ0n) is 13.8. The van der Waals surface area contributed by atoms with Crippen molar-refractivity contribution in [2.45, 2.75) is 9.79 Å². The summed E-state index contributed by atoms with van der Waals surface area (Å²) in [4.78, 5) is 0.143. The minimum atomic E-state index is -3.67. The zero-order chi connectivity index (χ0) is 19.2. The van der Waals surface area contributed by atoms with Gasteiger partial charge in [-0.1, -0.05) is 24.3 Å². The molecule has 0 aliphatic carbocycles. The first-order chi connectivity index (χ1) is 12.3. The highest BCUT2D eigenvalue weighted by molar-refractivity contribution is 7.89. The third-order valence-corrected chi connectivity index (χ3v) is 6.42. The molecular weight excluding hydrogens is 380 g/mol. The first kappa shape index (κ1) is 20.5. The quantitative estimate of drug-likeness (QED) is 0.464. The van der Waals surface area contributed by atoms with Crippen LogP contribution in [0.4, 0.5) is 0 Å². The summed E-state index contributed by atoms with van der Waals surface area (Å²) in [5.41, 5.74) is 1.44. The Labute approximate surface area is 152 Å². The molecule has 2 aromatic carbocycles. The van der Waals surface area contributed by atoms with Crippen LogP contribution >= 0.6 is 0 Å². The molecule has 0 amide bonds. The second kappa shape index (κ2) is 8.71. The van der Waals surface area contributed by atoms with Gasteiger partial charge >= 0.3 is 0 Å². The van der Waals surface area contributed by atoms with Gasteiger partial charge in [0, 0.05) is 13.1 Å². The fourth-order valence-corrected chi connectivity index (χ4v) is 4.22. The van der Waals surface area contributed by atoms with E-state index in [1.807, 2.05) is 0 Å². The van der Waals surface area contributed by atoms with Crippen molar-refractivity contribution < 1.29 is 27.0 Å². The van der Waals surface area contributed by atoms with Crippen LogP contribution in [0, 0.1) is 0 Å². The minimum absolute atomic E-state index is 0.0651. The minimum Gasteiger partial charge on any atom is -0.395 e. The summed E-state index contributed by atoms with van der Waals surface area (Å²) < 4.78 is 52.4. The molecule has 2 rings (SSSR count). The summed E-state index contributed by atoms with van der Waals surface area (Å²) in [5, 5.41) is 17.4. The molecule has 0 saturated carbocycles. The Morgan fingerprint density at radius 3 is 1.19 bits per heavy atom. The van der Waals surface area contributed by atoms with Gasteiger partial charge in [-0.2, -0.15) is 0 Å². The van der Waals surface area contributed by atoms with E-state index >= 15 is 0 Å². The van der Waals surface area contributed by atoms with Crippen LogP contribution in [0.15, 0.2) is 58.3 Å². The van der Waals surface area contributed by atoms with Crippen LogP contribution in [0.1, 0.15) is 0 Å². The molecule has 26 heavy (non-hydrogen) atoms. The maximum absolute atomic E-state index is 12.0. The summed E-state index contributed by atoms with van der Waals surface area (Å²) in [6, 6.07) is 12.2. The average Bonchev–Trinajstić information content (AvgIpc) is 2.65. The van der Waals surface area contributed by atoms with Crippen molar-refractivity contribution in [3.63, 3.8) is 0 Å². The highest BCUT2D eigenvalue weighted by atomic mass is 32.2. The fourth-order valence-electron chi connectivity index (χ4n) is 2.18. The van der Waals surface area contributed by atoms with Crippen LogP contribution in [0.2, 0.25) is 0 Å². The van der Waals surface area contributed by atoms with Crippen molar-refractivity contribution >= 4 is 20.0 Å². The van der Waals surface area contributed by atoms with Gasteiger partial charge < -0.3 is 10.2 Å². The number of hydrogen-bond acceptors (Lipinski definition) is 6. The highest BCUT2D eigenvalue weighted by Gasteiger charge is 2.14. The molecule has 0 spiro atoms. The standard InChI is InChI=1S/C16H20N2O6S2/c19-11-9-17-25(21,22)15-5-1-13(2-6-15)14-3-7-16(8-4-14)26(23,24)18-10-12-20/h1-8,17-20H,9-12H2. The van der Waals surface area contributed by atoms with Crippen LogP contribution < -0.4 is 9.44 Å². The zero-order valence-corrected chi connectivity index (χ0v) is 15.4. The predicted molar refractivity (Wildman–Crippen MR) is 96.4 cm³/mol. The van der Waals surface area contributed by atoms with Crippen molar-refractivity contribution in [3.8, 4) is 11.1 Å². The van der Waals surface area contributed by atoms with Crippen molar-refractivity contribution in [2.75, 3.05) is 26.3 Å². The third-order valence-electron chi connectivity index (χ3n) is 3.47. The molecule has 142 valence electrons. The van der Waals surface area contributed by atoms with E-state index in [1.54, 1.807) is 24.3 Å². The normalized spacial score (nSPS) is 12.2. The van der Waals surface area contributed by atoms with Crippen LogP contribution in [-0.2, 0) is 20.0 Å². The van der Waals surface area contributed by atoms with Gasteiger partial charge in [0.05, 0.1) is 23.0 Å². The van der Waals surface area contributed by atoms with E-state index in [0.29, 0.717) is 0 Å². The molecule has 0 atom stereocenters. The molecule has 0 bridgehead atoms. The van der Waals surface area contributed by atoms with E-state index in [0.717, 1.165) is 11.1 Å². The monoisotopic (exact) mass is 400 g/mol. The molecule has 0 aromatic heterocycles. The van der Waals surface area contributed by atoms with Crippen molar-refractivity contribution in [1.29, 1.82) is 0 Å². The maximum Gasteiger partial charge on any atom is 0.240 e. The van der Waals surface area contributed by atoms with Crippen LogP contribution in [0.25, 0.3) is 11.1 Å². The Balaban J connectivity index is 2.20. The van der Waals surface area contributed by atoms with E-state index < -0.39 is 20.0 Å². The van der Waals surface area contributed by atoms with Gasteiger partial charge in [-0.25, -0.2) is 26.3 Å². The number of nitrogens with one attached hydrogen (secondary N) is 2. The molecule has 0 aliphatic heterocycles. The SMILES string of the molecule is O=S(=O)(NCCO)c1ccc(-c2ccc(S(=O)(=O)NCCO)cc2)cc1. The average molecular weight is 400 g/mol. The van der Waals surface area contributed by atoms with E-state index in [1.165, 1.54) is 24.3 Å². The lowest BCUT2D eigenvalue weighted by Crippen LogP contribution is -2.26. The molecule has 0 unspecified atom stereocenters. The molecule has 8 nitrogen and oxygen atoms in total. The number of sulfonamides is 2. The smallest absolute Gasteiger partial charge is 0.240 e. The number of benzene rings is 2.